The van der Waals surface area contributed by atoms with Crippen molar-refractivity contribution in [3.8, 4) is 0 Å². The van der Waals surface area contributed by atoms with Crippen LogP contribution in [0.15, 0.2) is 59.5 Å². The lowest BCUT2D eigenvalue weighted by Crippen LogP contribution is -2.50. The van der Waals surface area contributed by atoms with E-state index >= 15 is 0 Å². The third kappa shape index (κ3) is 6.88. The van der Waals surface area contributed by atoms with Crippen LogP contribution in [-0.4, -0.2) is 34.6 Å². The van der Waals surface area contributed by atoms with Gasteiger partial charge in [0, 0.05) is 22.5 Å². The monoisotopic (exact) mass is 418 g/mol. The summed E-state index contributed by atoms with van der Waals surface area (Å²) in [6.07, 6.45) is 0.549. The van der Waals surface area contributed by atoms with Crippen molar-refractivity contribution in [1.82, 2.24) is 10.2 Å². The highest BCUT2D eigenvalue weighted by Crippen LogP contribution is 2.20. The molecule has 1 atom stereocenters. The standard InChI is InChI=1S/C22H27ClN2O2S/c1-4-20(22(27)24-16(2)3)25(14-17-10-12-18(23)13-11-17)21(26)15-28-19-8-6-5-7-9-19/h5-13,16,20H,4,14-15H2,1-3H3,(H,24,27)/t20-/m0/s1. The summed E-state index contributed by atoms with van der Waals surface area (Å²) in [5.41, 5.74) is 0.943. The Morgan fingerprint density at radius 3 is 2.29 bits per heavy atom. The molecule has 2 rings (SSSR count). The fourth-order valence-corrected chi connectivity index (χ4v) is 3.76. The average molecular weight is 419 g/mol. The highest BCUT2D eigenvalue weighted by molar-refractivity contribution is 8.00. The van der Waals surface area contributed by atoms with Crippen molar-refractivity contribution >= 4 is 35.2 Å². The quantitative estimate of drug-likeness (QED) is 0.597. The smallest absolute Gasteiger partial charge is 0.243 e. The van der Waals surface area contributed by atoms with E-state index in [0.717, 1.165) is 10.5 Å². The lowest BCUT2D eigenvalue weighted by Gasteiger charge is -2.31. The Labute approximate surface area is 176 Å². The first-order chi connectivity index (χ1) is 13.4. The Kier molecular flexibility index (Phi) is 8.87. The van der Waals surface area contributed by atoms with Gasteiger partial charge in [-0.2, -0.15) is 0 Å². The van der Waals surface area contributed by atoms with Crippen LogP contribution < -0.4 is 5.32 Å². The Morgan fingerprint density at radius 2 is 1.71 bits per heavy atom. The highest BCUT2D eigenvalue weighted by atomic mass is 35.5. The summed E-state index contributed by atoms with van der Waals surface area (Å²) < 4.78 is 0. The molecule has 2 aromatic carbocycles. The maximum absolute atomic E-state index is 13.1. The Hall–Kier alpha value is -1.98. The van der Waals surface area contributed by atoms with Gasteiger partial charge >= 0.3 is 0 Å². The molecule has 28 heavy (non-hydrogen) atoms. The van der Waals surface area contributed by atoms with Crippen LogP contribution in [-0.2, 0) is 16.1 Å². The van der Waals surface area contributed by atoms with Gasteiger partial charge in [0.05, 0.1) is 5.75 Å². The number of rotatable bonds is 9. The zero-order valence-corrected chi connectivity index (χ0v) is 18.1. The second kappa shape index (κ2) is 11.1. The molecule has 0 bridgehead atoms. The average Bonchev–Trinajstić information content (AvgIpc) is 2.67. The van der Waals surface area contributed by atoms with Gasteiger partial charge in [-0.3, -0.25) is 9.59 Å². The number of carbonyl (C=O) groups is 2. The molecule has 0 aromatic heterocycles. The number of hydrogen-bond acceptors (Lipinski definition) is 3. The van der Waals surface area contributed by atoms with Crippen LogP contribution in [0.3, 0.4) is 0 Å². The molecule has 4 nitrogen and oxygen atoms in total. The normalized spacial score (nSPS) is 11.9. The molecule has 0 aliphatic heterocycles. The van der Waals surface area contributed by atoms with Crippen LogP contribution in [0.2, 0.25) is 5.02 Å². The van der Waals surface area contributed by atoms with Gasteiger partial charge in [0.25, 0.3) is 0 Å². The molecule has 1 N–H and O–H groups in total. The first kappa shape index (κ1) is 22.3. The van der Waals surface area contributed by atoms with Crippen LogP contribution in [0.25, 0.3) is 0 Å². The van der Waals surface area contributed by atoms with E-state index in [-0.39, 0.29) is 23.6 Å². The van der Waals surface area contributed by atoms with Crippen molar-refractivity contribution < 1.29 is 9.59 Å². The number of halogens is 1. The number of nitrogens with zero attached hydrogens (tertiary/aromatic N) is 1. The van der Waals surface area contributed by atoms with E-state index in [1.54, 1.807) is 17.0 Å². The molecule has 2 aromatic rings. The number of hydrogen-bond donors (Lipinski definition) is 1. The lowest BCUT2D eigenvalue weighted by atomic mass is 10.1. The summed E-state index contributed by atoms with van der Waals surface area (Å²) >= 11 is 7.46. The largest absolute Gasteiger partial charge is 0.352 e. The lowest BCUT2D eigenvalue weighted by molar-refractivity contribution is -0.139. The van der Waals surface area contributed by atoms with Gasteiger partial charge in [-0.25, -0.2) is 0 Å². The van der Waals surface area contributed by atoms with E-state index in [2.05, 4.69) is 5.32 Å². The molecule has 0 aliphatic carbocycles. The molecular formula is C22H27ClN2O2S. The molecule has 0 spiro atoms. The Balaban J connectivity index is 2.18. The first-order valence-electron chi connectivity index (χ1n) is 9.42. The molecular weight excluding hydrogens is 392 g/mol. The topological polar surface area (TPSA) is 49.4 Å². The fraction of sp³-hybridized carbons (Fsp3) is 0.364. The van der Waals surface area contributed by atoms with Crippen molar-refractivity contribution in [3.63, 3.8) is 0 Å². The summed E-state index contributed by atoms with van der Waals surface area (Å²) in [6.45, 7) is 6.13. The van der Waals surface area contributed by atoms with Gasteiger partial charge in [0.15, 0.2) is 0 Å². The number of amides is 2. The van der Waals surface area contributed by atoms with E-state index in [1.807, 2.05) is 63.2 Å². The molecule has 0 saturated heterocycles. The highest BCUT2D eigenvalue weighted by Gasteiger charge is 2.28. The SMILES string of the molecule is CC[C@@H](C(=O)NC(C)C)N(Cc1ccc(Cl)cc1)C(=O)CSc1ccccc1. The third-order valence-electron chi connectivity index (χ3n) is 4.19. The predicted molar refractivity (Wildman–Crippen MR) is 117 cm³/mol. The van der Waals surface area contributed by atoms with E-state index < -0.39 is 6.04 Å². The molecule has 2 amide bonds. The number of benzene rings is 2. The fourth-order valence-electron chi connectivity index (χ4n) is 2.83. The van der Waals surface area contributed by atoms with Crippen LogP contribution in [0.1, 0.15) is 32.8 Å². The second-order valence-electron chi connectivity index (χ2n) is 6.84. The first-order valence-corrected chi connectivity index (χ1v) is 10.8. The minimum atomic E-state index is -0.512. The minimum absolute atomic E-state index is 0.0210. The van der Waals surface area contributed by atoms with Gasteiger partial charge in [-0.1, -0.05) is 48.9 Å². The zero-order chi connectivity index (χ0) is 20.5. The summed E-state index contributed by atoms with van der Waals surface area (Å²) in [6, 6.07) is 16.7. The molecule has 0 heterocycles. The van der Waals surface area contributed by atoms with Crippen molar-refractivity contribution in [2.45, 2.75) is 50.7 Å². The van der Waals surface area contributed by atoms with Crippen molar-refractivity contribution in [2.75, 3.05) is 5.75 Å². The van der Waals surface area contributed by atoms with Crippen LogP contribution in [0.5, 0.6) is 0 Å². The molecule has 6 heteroatoms. The van der Waals surface area contributed by atoms with Gasteiger partial charge in [0.1, 0.15) is 6.04 Å². The van der Waals surface area contributed by atoms with Gasteiger partial charge in [0.2, 0.25) is 11.8 Å². The van der Waals surface area contributed by atoms with E-state index in [9.17, 15) is 9.59 Å². The van der Waals surface area contributed by atoms with Gasteiger partial charge in [-0.15, -0.1) is 11.8 Å². The summed E-state index contributed by atoms with van der Waals surface area (Å²) in [4.78, 5) is 28.5. The Bertz CT molecular complexity index is 766. The van der Waals surface area contributed by atoms with Crippen molar-refractivity contribution in [2.24, 2.45) is 0 Å². The Morgan fingerprint density at radius 1 is 1.07 bits per heavy atom. The van der Waals surface area contributed by atoms with Crippen LogP contribution in [0.4, 0.5) is 0 Å². The van der Waals surface area contributed by atoms with E-state index in [4.69, 9.17) is 11.6 Å². The number of thioether (sulfide) groups is 1. The van der Waals surface area contributed by atoms with Crippen LogP contribution >= 0.6 is 23.4 Å². The molecule has 150 valence electrons. The van der Waals surface area contributed by atoms with Crippen molar-refractivity contribution in [1.29, 1.82) is 0 Å². The summed E-state index contributed by atoms with van der Waals surface area (Å²) in [5.74, 6) is 0.0994. The van der Waals surface area contributed by atoms with Gasteiger partial charge < -0.3 is 10.2 Å². The number of carbonyl (C=O) groups excluding carboxylic acids is 2. The van der Waals surface area contributed by atoms with Crippen LogP contribution in [0, 0.1) is 0 Å². The summed E-state index contributed by atoms with van der Waals surface area (Å²) in [7, 11) is 0. The number of nitrogens with one attached hydrogen (secondary N) is 1. The van der Waals surface area contributed by atoms with E-state index in [1.165, 1.54) is 11.8 Å². The van der Waals surface area contributed by atoms with Gasteiger partial charge in [-0.05, 0) is 50.1 Å². The zero-order valence-electron chi connectivity index (χ0n) is 16.5. The predicted octanol–water partition coefficient (Wildman–Crippen LogP) is 4.76. The molecule has 0 radical (unpaired) electrons. The van der Waals surface area contributed by atoms with Crippen molar-refractivity contribution in [3.05, 3.63) is 65.2 Å². The minimum Gasteiger partial charge on any atom is -0.352 e. The third-order valence-corrected chi connectivity index (χ3v) is 5.44. The summed E-state index contributed by atoms with van der Waals surface area (Å²) in [5, 5.41) is 3.58. The maximum atomic E-state index is 13.1. The second-order valence-corrected chi connectivity index (χ2v) is 8.32. The maximum Gasteiger partial charge on any atom is 0.243 e. The van der Waals surface area contributed by atoms with E-state index in [0.29, 0.717) is 18.0 Å². The molecule has 0 unspecified atom stereocenters. The molecule has 0 aliphatic rings. The molecule has 0 fully saturated rings. The molecule has 0 saturated carbocycles.